The first-order valence-electron chi connectivity index (χ1n) is 6.42. The van der Waals surface area contributed by atoms with E-state index in [1.807, 2.05) is 48.0 Å². The minimum absolute atomic E-state index is 0.205. The molecule has 0 saturated carbocycles. The van der Waals surface area contributed by atoms with Crippen LogP contribution in [0.3, 0.4) is 0 Å². The van der Waals surface area contributed by atoms with Crippen molar-refractivity contribution in [1.82, 2.24) is 10.6 Å². The van der Waals surface area contributed by atoms with Gasteiger partial charge in [0.05, 0.1) is 6.10 Å². The van der Waals surface area contributed by atoms with Crippen LogP contribution in [0.5, 0.6) is 0 Å². The fourth-order valence-corrected chi connectivity index (χ4v) is 2.43. The van der Waals surface area contributed by atoms with Crippen molar-refractivity contribution in [1.29, 1.82) is 0 Å². The Morgan fingerprint density at radius 2 is 2.00 bits per heavy atom. The average Bonchev–Trinajstić information content (AvgIpc) is 2.98. The number of benzene rings is 1. The van der Waals surface area contributed by atoms with Crippen molar-refractivity contribution in [3.8, 4) is 0 Å². The zero-order chi connectivity index (χ0) is 14.4. The summed E-state index contributed by atoms with van der Waals surface area (Å²) < 4.78 is 0. The van der Waals surface area contributed by atoms with Crippen LogP contribution in [-0.4, -0.2) is 17.7 Å². The Bertz CT molecular complexity index is 538. The average molecular weight is 290 g/mol. The van der Waals surface area contributed by atoms with Gasteiger partial charge in [-0.2, -0.15) is 11.3 Å². The number of thiophene rings is 1. The predicted molar refractivity (Wildman–Crippen MR) is 80.7 cm³/mol. The second-order valence-electron chi connectivity index (χ2n) is 4.62. The molecular formula is C15H18N2O2S. The van der Waals surface area contributed by atoms with Gasteiger partial charge in [0.15, 0.2) is 0 Å². The third-order valence-electron chi connectivity index (χ3n) is 2.96. The molecule has 0 saturated heterocycles. The lowest BCUT2D eigenvalue weighted by molar-refractivity contribution is 0.173. The van der Waals surface area contributed by atoms with Gasteiger partial charge in [-0.25, -0.2) is 4.79 Å². The summed E-state index contributed by atoms with van der Waals surface area (Å²) in [7, 11) is 0. The van der Waals surface area contributed by atoms with E-state index in [9.17, 15) is 9.90 Å². The van der Waals surface area contributed by atoms with Crippen molar-refractivity contribution in [2.75, 3.05) is 6.54 Å². The number of rotatable bonds is 5. The summed E-state index contributed by atoms with van der Waals surface area (Å²) in [4.78, 5) is 11.6. The topological polar surface area (TPSA) is 61.4 Å². The summed E-state index contributed by atoms with van der Waals surface area (Å²) in [6.07, 6.45) is -0.661. The number of urea groups is 1. The van der Waals surface area contributed by atoms with Crippen LogP contribution in [0, 0.1) is 6.92 Å². The normalized spacial score (nSPS) is 11.9. The number of aryl methyl sites for hydroxylation is 1. The van der Waals surface area contributed by atoms with Gasteiger partial charge in [0.25, 0.3) is 0 Å². The Labute approximate surface area is 122 Å². The van der Waals surface area contributed by atoms with E-state index in [0.717, 1.165) is 11.1 Å². The Hall–Kier alpha value is -1.85. The van der Waals surface area contributed by atoms with Gasteiger partial charge in [-0.15, -0.1) is 0 Å². The Balaban J connectivity index is 1.71. The molecule has 0 spiro atoms. The van der Waals surface area contributed by atoms with Crippen molar-refractivity contribution in [2.24, 2.45) is 0 Å². The third kappa shape index (κ3) is 4.36. The summed E-state index contributed by atoms with van der Waals surface area (Å²) in [5, 5.41) is 19.0. The lowest BCUT2D eigenvalue weighted by Crippen LogP contribution is -2.37. The largest absolute Gasteiger partial charge is 0.387 e. The van der Waals surface area contributed by atoms with Gasteiger partial charge >= 0.3 is 6.03 Å². The highest BCUT2D eigenvalue weighted by Crippen LogP contribution is 2.14. The zero-order valence-electron chi connectivity index (χ0n) is 11.3. The van der Waals surface area contributed by atoms with Crippen LogP contribution in [0.2, 0.25) is 0 Å². The lowest BCUT2D eigenvalue weighted by atomic mass is 10.1. The minimum Gasteiger partial charge on any atom is -0.387 e. The molecule has 4 nitrogen and oxygen atoms in total. The number of carbonyl (C=O) groups excluding carboxylic acids is 1. The van der Waals surface area contributed by atoms with Crippen LogP contribution in [0.1, 0.15) is 22.8 Å². The van der Waals surface area contributed by atoms with E-state index < -0.39 is 6.10 Å². The number of hydrogen-bond donors (Lipinski definition) is 3. The molecule has 2 aromatic rings. The molecule has 0 fully saturated rings. The fraction of sp³-hybridized carbons (Fsp3) is 0.267. The molecule has 3 N–H and O–H groups in total. The highest BCUT2D eigenvalue weighted by atomic mass is 32.1. The van der Waals surface area contributed by atoms with Crippen molar-refractivity contribution < 1.29 is 9.90 Å². The predicted octanol–water partition coefficient (Wildman–Crippen LogP) is 2.59. The molecule has 0 bridgehead atoms. The molecule has 1 aromatic carbocycles. The third-order valence-corrected chi connectivity index (χ3v) is 3.66. The van der Waals surface area contributed by atoms with Crippen molar-refractivity contribution >= 4 is 17.4 Å². The number of amides is 2. The highest BCUT2D eigenvalue weighted by Gasteiger charge is 2.09. The van der Waals surface area contributed by atoms with Crippen LogP contribution < -0.4 is 10.6 Å². The van der Waals surface area contributed by atoms with E-state index in [-0.39, 0.29) is 12.6 Å². The summed E-state index contributed by atoms with van der Waals surface area (Å²) in [6, 6.07) is 9.55. The molecule has 1 heterocycles. The Morgan fingerprint density at radius 1 is 1.25 bits per heavy atom. The molecule has 0 aliphatic rings. The molecule has 2 amide bonds. The fourth-order valence-electron chi connectivity index (χ4n) is 1.72. The number of aliphatic hydroxyl groups excluding tert-OH is 1. The van der Waals surface area contributed by atoms with E-state index in [2.05, 4.69) is 10.6 Å². The van der Waals surface area contributed by atoms with Crippen molar-refractivity contribution in [3.05, 3.63) is 57.8 Å². The summed E-state index contributed by atoms with van der Waals surface area (Å²) >= 11 is 1.52. The molecule has 1 unspecified atom stereocenters. The molecule has 1 aromatic heterocycles. The lowest BCUT2D eigenvalue weighted by Gasteiger charge is -2.11. The van der Waals surface area contributed by atoms with Gasteiger partial charge in [-0.05, 0) is 34.9 Å². The van der Waals surface area contributed by atoms with Crippen LogP contribution in [-0.2, 0) is 6.54 Å². The molecule has 5 heteroatoms. The first-order chi connectivity index (χ1) is 9.65. The molecular weight excluding hydrogens is 272 g/mol. The van der Waals surface area contributed by atoms with E-state index in [4.69, 9.17) is 0 Å². The molecule has 0 radical (unpaired) electrons. The van der Waals surface area contributed by atoms with Crippen LogP contribution >= 0.6 is 11.3 Å². The van der Waals surface area contributed by atoms with E-state index >= 15 is 0 Å². The summed E-state index contributed by atoms with van der Waals surface area (Å²) in [5.74, 6) is 0. The Morgan fingerprint density at radius 3 is 2.65 bits per heavy atom. The molecule has 2 rings (SSSR count). The van der Waals surface area contributed by atoms with E-state index in [0.29, 0.717) is 6.54 Å². The molecule has 1 atom stereocenters. The monoisotopic (exact) mass is 290 g/mol. The number of nitrogens with one attached hydrogen (secondary N) is 2. The maximum Gasteiger partial charge on any atom is 0.315 e. The van der Waals surface area contributed by atoms with Gasteiger partial charge in [0.2, 0.25) is 0 Å². The van der Waals surface area contributed by atoms with Gasteiger partial charge in [0.1, 0.15) is 0 Å². The quantitative estimate of drug-likeness (QED) is 0.792. The van der Waals surface area contributed by atoms with Gasteiger partial charge < -0.3 is 15.7 Å². The van der Waals surface area contributed by atoms with Crippen LogP contribution in [0.15, 0.2) is 41.1 Å². The maximum atomic E-state index is 11.6. The standard InChI is InChI=1S/C15H18N2O2S/c1-11-2-4-12(5-3-11)8-16-15(19)17-9-14(18)13-6-7-20-10-13/h2-7,10,14,18H,8-9H2,1H3,(H2,16,17,19). The Kier molecular flexibility index (Phi) is 5.15. The first-order valence-corrected chi connectivity index (χ1v) is 7.37. The van der Waals surface area contributed by atoms with Gasteiger partial charge in [-0.1, -0.05) is 29.8 Å². The van der Waals surface area contributed by atoms with E-state index in [1.54, 1.807) is 0 Å². The zero-order valence-corrected chi connectivity index (χ0v) is 12.1. The van der Waals surface area contributed by atoms with Gasteiger partial charge in [-0.3, -0.25) is 0 Å². The minimum atomic E-state index is -0.661. The second kappa shape index (κ2) is 7.07. The summed E-state index contributed by atoms with van der Waals surface area (Å²) in [6.45, 7) is 2.70. The first kappa shape index (κ1) is 14.6. The summed E-state index contributed by atoms with van der Waals surface area (Å²) in [5.41, 5.74) is 3.06. The smallest absolute Gasteiger partial charge is 0.315 e. The van der Waals surface area contributed by atoms with Crippen molar-refractivity contribution in [2.45, 2.75) is 19.6 Å². The van der Waals surface area contributed by atoms with Crippen molar-refractivity contribution in [3.63, 3.8) is 0 Å². The van der Waals surface area contributed by atoms with E-state index in [1.165, 1.54) is 16.9 Å². The molecule has 0 aliphatic carbocycles. The van der Waals surface area contributed by atoms with Gasteiger partial charge in [0, 0.05) is 13.1 Å². The molecule has 0 aliphatic heterocycles. The van der Waals surface area contributed by atoms with Crippen LogP contribution in [0.4, 0.5) is 4.79 Å². The highest BCUT2D eigenvalue weighted by molar-refractivity contribution is 7.07. The number of aliphatic hydroxyl groups is 1. The molecule has 106 valence electrons. The number of hydrogen-bond acceptors (Lipinski definition) is 3. The maximum absolute atomic E-state index is 11.6. The second-order valence-corrected chi connectivity index (χ2v) is 5.40. The number of carbonyl (C=O) groups is 1. The molecule has 20 heavy (non-hydrogen) atoms. The van der Waals surface area contributed by atoms with Crippen LogP contribution in [0.25, 0.3) is 0 Å². The SMILES string of the molecule is Cc1ccc(CNC(=O)NCC(O)c2ccsc2)cc1.